The van der Waals surface area contributed by atoms with Gasteiger partial charge in [0, 0.05) is 7.05 Å². The molecule has 0 saturated heterocycles. The van der Waals surface area contributed by atoms with Gasteiger partial charge in [-0.3, -0.25) is 4.79 Å². The highest BCUT2D eigenvalue weighted by Gasteiger charge is 2.12. The molecule has 0 spiro atoms. The maximum absolute atomic E-state index is 11.9. The Morgan fingerprint density at radius 1 is 1.39 bits per heavy atom. The van der Waals surface area contributed by atoms with Crippen molar-refractivity contribution in [3.8, 4) is 0 Å². The van der Waals surface area contributed by atoms with E-state index in [1.165, 1.54) is 0 Å². The van der Waals surface area contributed by atoms with Crippen molar-refractivity contribution in [3.63, 3.8) is 0 Å². The number of ketones is 1. The minimum absolute atomic E-state index is 0.243. The molecule has 18 heavy (non-hydrogen) atoms. The molecule has 2 rings (SSSR count). The van der Waals surface area contributed by atoms with Gasteiger partial charge in [0.25, 0.3) is 0 Å². The van der Waals surface area contributed by atoms with Gasteiger partial charge in [0.2, 0.25) is 0 Å². The van der Waals surface area contributed by atoms with Crippen molar-refractivity contribution in [2.45, 2.75) is 25.5 Å². The molecule has 1 heterocycles. The van der Waals surface area contributed by atoms with E-state index >= 15 is 0 Å². The average molecular weight is 262 g/mol. The number of carbonyl (C=O) groups excluding carboxylic acids is 1. The average Bonchev–Trinajstić information content (AvgIpc) is 2.65. The zero-order chi connectivity index (χ0) is 13.1. The van der Waals surface area contributed by atoms with E-state index in [1.807, 2.05) is 35.9 Å². The Labute approximate surface area is 112 Å². The van der Waals surface area contributed by atoms with Crippen LogP contribution in [0.2, 0.25) is 0 Å². The van der Waals surface area contributed by atoms with Crippen LogP contribution in [0, 0.1) is 0 Å². The summed E-state index contributed by atoms with van der Waals surface area (Å²) in [6.45, 7) is 4.21. The molecule has 1 aromatic carbocycles. The lowest BCUT2D eigenvalue weighted by molar-refractivity contribution is -0.116. The third-order valence-electron chi connectivity index (χ3n) is 2.81. The van der Waals surface area contributed by atoms with Gasteiger partial charge in [0.15, 0.2) is 0 Å². The summed E-state index contributed by atoms with van der Waals surface area (Å²) in [5, 5.41) is 0.495. The number of hydrogen-bond donors (Lipinski definition) is 0. The molecule has 0 aliphatic heterocycles. The van der Waals surface area contributed by atoms with Gasteiger partial charge >= 0.3 is 0 Å². The van der Waals surface area contributed by atoms with Gasteiger partial charge in [-0.2, -0.15) is 11.8 Å². The van der Waals surface area contributed by atoms with Crippen molar-refractivity contribution in [1.29, 1.82) is 0 Å². The number of Topliss-reactive ketones (excluding diaryl/α,β-unsaturated/α-hetero) is 1. The summed E-state index contributed by atoms with van der Waals surface area (Å²) in [6.07, 6.45) is 0.422. The molecule has 0 N–H and O–H groups in total. The first kappa shape index (κ1) is 13.1. The third-order valence-corrected chi connectivity index (χ3v) is 3.97. The van der Waals surface area contributed by atoms with Gasteiger partial charge in [0.05, 0.1) is 23.2 Å². The topological polar surface area (TPSA) is 34.9 Å². The number of nitrogens with zero attached hydrogens (tertiary/aromatic N) is 2. The van der Waals surface area contributed by atoms with E-state index in [0.717, 1.165) is 16.9 Å². The van der Waals surface area contributed by atoms with Crippen LogP contribution in [0.15, 0.2) is 24.3 Å². The molecule has 0 bridgehead atoms. The number of aromatic nitrogens is 2. The molecule has 0 amide bonds. The second kappa shape index (κ2) is 5.57. The lowest BCUT2D eigenvalue weighted by Crippen LogP contribution is -2.11. The van der Waals surface area contributed by atoms with Crippen LogP contribution >= 0.6 is 11.8 Å². The van der Waals surface area contributed by atoms with Gasteiger partial charge in [-0.25, -0.2) is 4.98 Å². The Hall–Kier alpha value is -1.29. The molecule has 1 aromatic heterocycles. The van der Waals surface area contributed by atoms with Crippen molar-refractivity contribution in [2.75, 3.05) is 5.75 Å². The lowest BCUT2D eigenvalue weighted by atomic mass is 10.3. The number of carbonyl (C=O) groups is 1. The molecular weight excluding hydrogens is 244 g/mol. The Kier molecular flexibility index (Phi) is 4.07. The molecule has 0 aliphatic carbocycles. The molecule has 3 nitrogen and oxygen atoms in total. The largest absolute Gasteiger partial charge is 0.331 e. The van der Waals surface area contributed by atoms with Gasteiger partial charge < -0.3 is 4.57 Å². The van der Waals surface area contributed by atoms with Gasteiger partial charge in [-0.1, -0.05) is 26.0 Å². The highest BCUT2D eigenvalue weighted by atomic mass is 32.2. The molecule has 4 heteroatoms. The van der Waals surface area contributed by atoms with E-state index in [2.05, 4.69) is 18.8 Å². The SMILES string of the molecule is CC(C)SCC(=O)Cc1nc2ccccc2n1C. The summed E-state index contributed by atoms with van der Waals surface area (Å²) in [4.78, 5) is 16.4. The number of hydrogen-bond acceptors (Lipinski definition) is 3. The molecule has 96 valence electrons. The van der Waals surface area contributed by atoms with Crippen molar-refractivity contribution < 1.29 is 4.79 Å². The molecule has 0 radical (unpaired) electrons. The van der Waals surface area contributed by atoms with E-state index < -0.39 is 0 Å². The summed E-state index contributed by atoms with van der Waals surface area (Å²) in [7, 11) is 1.97. The van der Waals surface area contributed by atoms with Crippen molar-refractivity contribution in [1.82, 2.24) is 9.55 Å². The van der Waals surface area contributed by atoms with Gasteiger partial charge in [-0.15, -0.1) is 0 Å². The van der Waals surface area contributed by atoms with E-state index in [0.29, 0.717) is 17.4 Å². The highest BCUT2D eigenvalue weighted by Crippen LogP contribution is 2.16. The Morgan fingerprint density at radius 3 is 2.78 bits per heavy atom. The van der Waals surface area contributed by atoms with Crippen LogP contribution in [0.3, 0.4) is 0 Å². The second-order valence-electron chi connectivity index (χ2n) is 4.65. The molecule has 2 aromatic rings. The number of para-hydroxylation sites is 2. The highest BCUT2D eigenvalue weighted by molar-refractivity contribution is 8.00. The zero-order valence-electron chi connectivity index (χ0n) is 11.0. The number of fused-ring (bicyclic) bond motifs is 1. The normalized spacial score (nSPS) is 11.3. The number of aryl methyl sites for hydroxylation is 1. The van der Waals surface area contributed by atoms with Crippen LogP contribution in [-0.2, 0) is 18.3 Å². The van der Waals surface area contributed by atoms with Crippen molar-refractivity contribution >= 4 is 28.6 Å². The van der Waals surface area contributed by atoms with Crippen molar-refractivity contribution in [3.05, 3.63) is 30.1 Å². The van der Waals surface area contributed by atoms with Crippen LogP contribution in [0.5, 0.6) is 0 Å². The van der Waals surface area contributed by atoms with E-state index in [-0.39, 0.29) is 5.78 Å². The number of imidazole rings is 1. The summed E-state index contributed by atoms with van der Waals surface area (Å²) >= 11 is 1.68. The van der Waals surface area contributed by atoms with Crippen LogP contribution in [-0.4, -0.2) is 26.3 Å². The van der Waals surface area contributed by atoms with Crippen LogP contribution in [0.1, 0.15) is 19.7 Å². The summed E-state index contributed by atoms with van der Waals surface area (Å²) in [5.41, 5.74) is 2.04. The lowest BCUT2D eigenvalue weighted by Gasteiger charge is -2.04. The fourth-order valence-electron chi connectivity index (χ4n) is 1.84. The first-order chi connectivity index (χ1) is 8.58. The Morgan fingerprint density at radius 2 is 2.11 bits per heavy atom. The van der Waals surface area contributed by atoms with Crippen LogP contribution in [0.4, 0.5) is 0 Å². The Bertz CT molecular complexity index is 560. The summed E-state index contributed by atoms with van der Waals surface area (Å²) < 4.78 is 2.01. The standard InChI is InChI=1S/C14H18N2OS/c1-10(2)18-9-11(17)8-14-15-12-6-4-5-7-13(12)16(14)3/h4-7,10H,8-9H2,1-3H3. The first-order valence-electron chi connectivity index (χ1n) is 6.11. The number of rotatable bonds is 5. The van der Waals surface area contributed by atoms with Crippen LogP contribution in [0.25, 0.3) is 11.0 Å². The quantitative estimate of drug-likeness (QED) is 0.831. The number of benzene rings is 1. The fraction of sp³-hybridized carbons (Fsp3) is 0.429. The summed E-state index contributed by atoms with van der Waals surface area (Å²) in [6, 6.07) is 7.96. The maximum Gasteiger partial charge on any atom is 0.150 e. The monoisotopic (exact) mass is 262 g/mol. The predicted octanol–water partition coefficient (Wildman–Crippen LogP) is 2.83. The van der Waals surface area contributed by atoms with E-state index in [1.54, 1.807) is 11.8 Å². The van der Waals surface area contributed by atoms with Crippen molar-refractivity contribution in [2.24, 2.45) is 7.05 Å². The third kappa shape index (κ3) is 2.93. The minimum atomic E-state index is 0.243. The zero-order valence-corrected chi connectivity index (χ0v) is 11.8. The van der Waals surface area contributed by atoms with Gasteiger partial charge in [0.1, 0.15) is 11.6 Å². The molecule has 0 aliphatic rings. The first-order valence-corrected chi connectivity index (χ1v) is 7.16. The van der Waals surface area contributed by atoms with Crippen LogP contribution < -0.4 is 0 Å². The Balaban J connectivity index is 2.12. The maximum atomic E-state index is 11.9. The van der Waals surface area contributed by atoms with Gasteiger partial charge in [-0.05, 0) is 17.4 Å². The molecule has 0 fully saturated rings. The predicted molar refractivity (Wildman–Crippen MR) is 77.0 cm³/mol. The molecule has 0 saturated carbocycles. The summed E-state index contributed by atoms with van der Waals surface area (Å²) in [5.74, 6) is 1.67. The smallest absolute Gasteiger partial charge is 0.150 e. The van der Waals surface area contributed by atoms with E-state index in [4.69, 9.17) is 0 Å². The molecule has 0 atom stereocenters. The minimum Gasteiger partial charge on any atom is -0.331 e. The second-order valence-corrected chi connectivity index (χ2v) is 6.22. The molecular formula is C14H18N2OS. The number of thioether (sulfide) groups is 1. The fourth-order valence-corrected chi connectivity index (χ4v) is 2.46. The van der Waals surface area contributed by atoms with E-state index in [9.17, 15) is 4.79 Å². The molecule has 0 unspecified atom stereocenters.